The van der Waals surface area contributed by atoms with E-state index in [-0.39, 0.29) is 5.38 Å². The van der Waals surface area contributed by atoms with E-state index in [1.165, 1.54) is 15.3 Å². The maximum Gasteiger partial charge on any atom is 0.0846 e. The maximum atomic E-state index is 6.54. The summed E-state index contributed by atoms with van der Waals surface area (Å²) in [5.74, 6) is 0. The van der Waals surface area contributed by atoms with Crippen molar-refractivity contribution in [3.8, 4) is 0 Å². The van der Waals surface area contributed by atoms with E-state index < -0.39 is 0 Å². The summed E-state index contributed by atoms with van der Waals surface area (Å²) in [6, 6.07) is 8.14. The molecule has 0 aliphatic heterocycles. The quantitative estimate of drug-likeness (QED) is 0.625. The van der Waals surface area contributed by atoms with Crippen molar-refractivity contribution < 1.29 is 0 Å². The molecular formula is C14H14Cl2S. The third-order valence-corrected chi connectivity index (χ3v) is 4.72. The summed E-state index contributed by atoms with van der Waals surface area (Å²) in [4.78, 5) is 2.59. The van der Waals surface area contributed by atoms with Gasteiger partial charge in [-0.3, -0.25) is 0 Å². The van der Waals surface area contributed by atoms with Crippen LogP contribution in [0, 0.1) is 20.8 Å². The third kappa shape index (κ3) is 2.67. The second-order valence-corrected chi connectivity index (χ2v) is 6.54. The minimum atomic E-state index is -0.0871. The van der Waals surface area contributed by atoms with Gasteiger partial charge in [0.1, 0.15) is 0 Å². The molecule has 17 heavy (non-hydrogen) atoms. The van der Waals surface area contributed by atoms with Crippen molar-refractivity contribution >= 4 is 34.5 Å². The lowest BCUT2D eigenvalue weighted by Crippen LogP contribution is -1.94. The number of benzene rings is 1. The van der Waals surface area contributed by atoms with Crippen molar-refractivity contribution in [2.24, 2.45) is 0 Å². The van der Waals surface area contributed by atoms with E-state index in [1.807, 2.05) is 19.1 Å². The molecule has 1 heterocycles. The monoisotopic (exact) mass is 284 g/mol. The van der Waals surface area contributed by atoms with Crippen molar-refractivity contribution in [3.63, 3.8) is 0 Å². The first-order valence-corrected chi connectivity index (χ1v) is 7.09. The number of hydrogen-bond donors (Lipinski definition) is 0. The van der Waals surface area contributed by atoms with Gasteiger partial charge in [0.15, 0.2) is 0 Å². The van der Waals surface area contributed by atoms with E-state index in [1.54, 1.807) is 11.3 Å². The normalized spacial score (nSPS) is 12.8. The van der Waals surface area contributed by atoms with Crippen molar-refractivity contribution in [1.29, 1.82) is 0 Å². The SMILES string of the molecule is Cc1cc(C(Cl)c2ccc(Cl)c(C)c2)c(C)s1. The van der Waals surface area contributed by atoms with Crippen LogP contribution in [0.25, 0.3) is 0 Å². The standard InChI is InChI=1S/C14H14Cl2S/c1-8-6-11(4-5-13(8)15)14(16)12-7-9(2)17-10(12)3/h4-7,14H,1-3H3. The minimum Gasteiger partial charge on any atom is -0.146 e. The van der Waals surface area contributed by atoms with Crippen molar-refractivity contribution in [1.82, 2.24) is 0 Å². The number of hydrogen-bond acceptors (Lipinski definition) is 1. The molecule has 0 bridgehead atoms. The largest absolute Gasteiger partial charge is 0.146 e. The zero-order chi connectivity index (χ0) is 12.6. The zero-order valence-corrected chi connectivity index (χ0v) is 12.4. The van der Waals surface area contributed by atoms with Crippen LogP contribution in [0.15, 0.2) is 24.3 Å². The number of aryl methyl sites for hydroxylation is 3. The van der Waals surface area contributed by atoms with Gasteiger partial charge in [-0.15, -0.1) is 22.9 Å². The summed E-state index contributed by atoms with van der Waals surface area (Å²) < 4.78 is 0. The molecule has 0 radical (unpaired) electrons. The molecule has 1 aromatic carbocycles. The second-order valence-electron chi connectivity index (χ2n) is 4.24. The van der Waals surface area contributed by atoms with E-state index in [4.69, 9.17) is 23.2 Å². The van der Waals surface area contributed by atoms with Crippen LogP contribution in [0.3, 0.4) is 0 Å². The Labute approximate surface area is 116 Å². The molecule has 3 heteroatoms. The highest BCUT2D eigenvalue weighted by atomic mass is 35.5. The number of alkyl halides is 1. The van der Waals surface area contributed by atoms with Gasteiger partial charge in [-0.1, -0.05) is 23.7 Å². The fourth-order valence-electron chi connectivity index (χ4n) is 1.91. The first-order chi connectivity index (χ1) is 7.99. The van der Waals surface area contributed by atoms with Gasteiger partial charge in [0.05, 0.1) is 5.38 Å². The van der Waals surface area contributed by atoms with E-state index >= 15 is 0 Å². The van der Waals surface area contributed by atoms with Crippen LogP contribution in [-0.2, 0) is 0 Å². The average molecular weight is 285 g/mol. The summed E-state index contributed by atoms with van der Waals surface area (Å²) in [5, 5.41) is 0.701. The summed E-state index contributed by atoms with van der Waals surface area (Å²) in [7, 11) is 0. The van der Waals surface area contributed by atoms with Gasteiger partial charge in [-0.25, -0.2) is 0 Å². The molecular weight excluding hydrogens is 271 g/mol. The predicted octanol–water partition coefficient (Wildman–Crippen LogP) is 5.65. The third-order valence-electron chi connectivity index (χ3n) is 2.83. The highest BCUT2D eigenvalue weighted by Crippen LogP contribution is 2.36. The fourth-order valence-corrected chi connectivity index (χ4v) is 3.42. The summed E-state index contributed by atoms with van der Waals surface area (Å²) in [5.41, 5.74) is 3.38. The molecule has 0 saturated heterocycles. The smallest absolute Gasteiger partial charge is 0.0846 e. The van der Waals surface area contributed by atoms with Gasteiger partial charge in [-0.05, 0) is 49.6 Å². The average Bonchev–Trinajstić information content (AvgIpc) is 2.61. The van der Waals surface area contributed by atoms with E-state index in [2.05, 4.69) is 26.0 Å². The molecule has 0 amide bonds. The summed E-state index contributed by atoms with van der Waals surface area (Å²) in [6.45, 7) is 6.23. The van der Waals surface area contributed by atoms with Crippen LogP contribution in [0.2, 0.25) is 5.02 Å². The fraction of sp³-hybridized carbons (Fsp3) is 0.286. The van der Waals surface area contributed by atoms with Crippen LogP contribution < -0.4 is 0 Å². The topological polar surface area (TPSA) is 0 Å². The van der Waals surface area contributed by atoms with Crippen LogP contribution in [0.5, 0.6) is 0 Å². The van der Waals surface area contributed by atoms with Gasteiger partial charge in [0, 0.05) is 14.8 Å². The molecule has 1 unspecified atom stereocenters. The minimum absolute atomic E-state index is 0.0871. The molecule has 0 nitrogen and oxygen atoms in total. The highest BCUT2D eigenvalue weighted by Gasteiger charge is 2.15. The Morgan fingerprint density at radius 2 is 1.82 bits per heavy atom. The lowest BCUT2D eigenvalue weighted by Gasteiger charge is -2.11. The van der Waals surface area contributed by atoms with Crippen LogP contribution in [0.1, 0.15) is 31.8 Å². The highest BCUT2D eigenvalue weighted by molar-refractivity contribution is 7.12. The second kappa shape index (κ2) is 5.01. The van der Waals surface area contributed by atoms with E-state index in [9.17, 15) is 0 Å². The first-order valence-electron chi connectivity index (χ1n) is 5.46. The predicted molar refractivity (Wildman–Crippen MR) is 77.7 cm³/mol. The Morgan fingerprint density at radius 3 is 2.35 bits per heavy atom. The Kier molecular flexibility index (Phi) is 3.82. The molecule has 0 N–H and O–H groups in total. The molecule has 0 spiro atoms. The van der Waals surface area contributed by atoms with Crippen molar-refractivity contribution in [2.75, 3.05) is 0 Å². The van der Waals surface area contributed by atoms with Gasteiger partial charge in [-0.2, -0.15) is 0 Å². The van der Waals surface area contributed by atoms with Crippen LogP contribution in [0.4, 0.5) is 0 Å². The summed E-state index contributed by atoms with van der Waals surface area (Å²) >= 11 is 14.4. The lowest BCUT2D eigenvalue weighted by atomic mass is 10.0. The van der Waals surface area contributed by atoms with Crippen LogP contribution in [-0.4, -0.2) is 0 Å². The lowest BCUT2D eigenvalue weighted by molar-refractivity contribution is 1.12. The molecule has 0 aliphatic rings. The van der Waals surface area contributed by atoms with Gasteiger partial charge in [0.25, 0.3) is 0 Å². The van der Waals surface area contributed by atoms with Crippen LogP contribution >= 0.6 is 34.5 Å². The Balaban J connectivity index is 2.40. The maximum absolute atomic E-state index is 6.54. The molecule has 0 fully saturated rings. The number of thiophene rings is 1. The van der Waals surface area contributed by atoms with Crippen molar-refractivity contribution in [3.05, 3.63) is 55.7 Å². The molecule has 1 atom stereocenters. The summed E-state index contributed by atoms with van der Waals surface area (Å²) in [6.07, 6.45) is 0. The van der Waals surface area contributed by atoms with Gasteiger partial charge >= 0.3 is 0 Å². The Bertz CT molecular complexity index is 543. The molecule has 0 saturated carbocycles. The molecule has 90 valence electrons. The van der Waals surface area contributed by atoms with Gasteiger partial charge < -0.3 is 0 Å². The van der Waals surface area contributed by atoms with Crippen molar-refractivity contribution in [2.45, 2.75) is 26.1 Å². The molecule has 0 aliphatic carbocycles. The number of rotatable bonds is 2. The zero-order valence-electron chi connectivity index (χ0n) is 10.1. The first kappa shape index (κ1) is 12.9. The Morgan fingerprint density at radius 1 is 1.12 bits per heavy atom. The molecule has 2 aromatic rings. The van der Waals surface area contributed by atoms with Gasteiger partial charge in [0.2, 0.25) is 0 Å². The number of halogens is 2. The van der Waals surface area contributed by atoms with E-state index in [0.717, 1.165) is 16.1 Å². The molecule has 1 aromatic heterocycles. The van der Waals surface area contributed by atoms with E-state index in [0.29, 0.717) is 0 Å². The Hall–Kier alpha value is -0.500. The molecule has 2 rings (SSSR count).